The molecule has 0 bridgehead atoms. The number of nitrogens with zero attached hydrogens (tertiary/aromatic N) is 2. The standard InChI is InChI=1S/C25H25BrF6N2O3/c1-14(2)37-23(36)33-8-4-5-21(20-7-6-19(26)12-22(20)33)34(15(3)35)13-16-9-17(24(27,28)29)11-18(10-16)25(30,31)32/h6-7,9-12,14,21H,4-5,8,13H2,1-3H3. The fraction of sp³-hybridized carbons (Fsp3) is 0.440. The van der Waals surface area contributed by atoms with Crippen LogP contribution >= 0.6 is 15.9 Å². The third-order valence-corrected chi connectivity index (χ3v) is 6.33. The average Bonchev–Trinajstić information content (AvgIpc) is 2.94. The van der Waals surface area contributed by atoms with E-state index in [1.165, 1.54) is 16.7 Å². The maximum Gasteiger partial charge on any atom is 0.416 e. The summed E-state index contributed by atoms with van der Waals surface area (Å²) in [6, 6.07) is 5.62. The quantitative estimate of drug-likeness (QED) is 0.340. The van der Waals surface area contributed by atoms with Crippen molar-refractivity contribution in [1.82, 2.24) is 4.90 Å². The third kappa shape index (κ3) is 6.97. The summed E-state index contributed by atoms with van der Waals surface area (Å²) in [6.07, 6.45) is -10.3. The van der Waals surface area contributed by atoms with E-state index in [0.29, 0.717) is 40.7 Å². The minimum absolute atomic E-state index is 0.0539. The van der Waals surface area contributed by atoms with Crippen molar-refractivity contribution in [3.05, 3.63) is 63.1 Å². The van der Waals surface area contributed by atoms with Crippen molar-refractivity contribution in [2.45, 2.75) is 64.7 Å². The van der Waals surface area contributed by atoms with Gasteiger partial charge >= 0.3 is 18.4 Å². The maximum absolute atomic E-state index is 13.4. The van der Waals surface area contributed by atoms with Crippen LogP contribution < -0.4 is 4.90 Å². The number of hydrogen-bond acceptors (Lipinski definition) is 3. The second-order valence-corrected chi connectivity index (χ2v) is 9.92. The Labute approximate surface area is 218 Å². The molecule has 1 atom stereocenters. The first-order chi connectivity index (χ1) is 17.1. The first kappa shape index (κ1) is 28.8. The number of carbonyl (C=O) groups excluding carboxylic acids is 2. The van der Waals surface area contributed by atoms with Crippen LogP contribution in [0, 0.1) is 0 Å². The molecular weight excluding hydrogens is 570 g/mol. The first-order valence-corrected chi connectivity index (χ1v) is 12.2. The number of fused-ring (bicyclic) bond motifs is 1. The molecule has 12 heteroatoms. The van der Waals surface area contributed by atoms with Crippen molar-refractivity contribution in [2.24, 2.45) is 0 Å². The highest BCUT2D eigenvalue weighted by atomic mass is 79.9. The number of amides is 2. The summed E-state index contributed by atoms with van der Waals surface area (Å²) in [4.78, 5) is 28.2. The van der Waals surface area contributed by atoms with E-state index in [1.807, 2.05) is 0 Å². The molecule has 0 radical (unpaired) electrons. The van der Waals surface area contributed by atoms with Crippen LogP contribution in [-0.4, -0.2) is 29.5 Å². The van der Waals surface area contributed by atoms with Gasteiger partial charge in [0.15, 0.2) is 0 Å². The van der Waals surface area contributed by atoms with E-state index in [4.69, 9.17) is 4.74 Å². The Hall–Kier alpha value is -2.76. The number of ether oxygens (including phenoxy) is 1. The van der Waals surface area contributed by atoms with E-state index in [-0.39, 0.29) is 24.3 Å². The highest BCUT2D eigenvalue weighted by Crippen LogP contribution is 2.41. The van der Waals surface area contributed by atoms with Crippen LogP contribution in [0.3, 0.4) is 0 Å². The van der Waals surface area contributed by atoms with E-state index < -0.39 is 48.1 Å². The molecule has 0 fully saturated rings. The van der Waals surface area contributed by atoms with Crippen LogP contribution in [0.2, 0.25) is 0 Å². The molecular formula is C25H25BrF6N2O3. The Kier molecular flexibility index (Phi) is 8.50. The summed E-state index contributed by atoms with van der Waals surface area (Å²) in [5.41, 5.74) is -2.24. The number of hydrogen-bond donors (Lipinski definition) is 0. The van der Waals surface area contributed by atoms with Crippen molar-refractivity contribution in [3.63, 3.8) is 0 Å². The molecule has 2 aromatic rings. The monoisotopic (exact) mass is 594 g/mol. The molecule has 0 aromatic heterocycles. The minimum Gasteiger partial charge on any atom is -0.446 e. The number of halogens is 7. The fourth-order valence-corrected chi connectivity index (χ4v) is 4.63. The summed E-state index contributed by atoms with van der Waals surface area (Å²) >= 11 is 3.36. The lowest BCUT2D eigenvalue weighted by atomic mass is 9.98. The summed E-state index contributed by atoms with van der Waals surface area (Å²) in [6.45, 7) is 4.36. The minimum atomic E-state index is -5.00. The summed E-state index contributed by atoms with van der Waals surface area (Å²) in [7, 11) is 0. The second kappa shape index (κ2) is 10.9. The second-order valence-electron chi connectivity index (χ2n) is 9.01. The molecule has 1 heterocycles. The van der Waals surface area contributed by atoms with Gasteiger partial charge in [-0.05, 0) is 68.1 Å². The predicted molar refractivity (Wildman–Crippen MR) is 128 cm³/mol. The van der Waals surface area contributed by atoms with Gasteiger partial charge < -0.3 is 9.64 Å². The van der Waals surface area contributed by atoms with Gasteiger partial charge in [0.2, 0.25) is 5.91 Å². The largest absolute Gasteiger partial charge is 0.446 e. The number of carbonyl (C=O) groups is 2. The van der Waals surface area contributed by atoms with Gasteiger partial charge in [0.25, 0.3) is 0 Å². The maximum atomic E-state index is 13.4. The van der Waals surface area contributed by atoms with Crippen LogP contribution in [0.4, 0.5) is 36.8 Å². The fourth-order valence-electron chi connectivity index (χ4n) is 4.28. The molecule has 1 aliphatic heterocycles. The first-order valence-electron chi connectivity index (χ1n) is 11.4. The van der Waals surface area contributed by atoms with Gasteiger partial charge in [0.05, 0.1) is 29.0 Å². The molecule has 0 aliphatic carbocycles. The van der Waals surface area contributed by atoms with Gasteiger partial charge in [-0.3, -0.25) is 9.69 Å². The predicted octanol–water partition coefficient (Wildman–Crippen LogP) is 7.72. The van der Waals surface area contributed by atoms with Crippen LogP contribution in [0.15, 0.2) is 40.9 Å². The van der Waals surface area contributed by atoms with Crippen LogP contribution in [0.5, 0.6) is 0 Å². The average molecular weight is 595 g/mol. The molecule has 0 saturated carbocycles. The Morgan fingerprint density at radius 1 is 1.05 bits per heavy atom. The molecule has 0 spiro atoms. The van der Waals surface area contributed by atoms with Crippen molar-refractivity contribution in [2.75, 3.05) is 11.4 Å². The SMILES string of the molecule is CC(=O)N(Cc1cc(C(F)(F)F)cc(C(F)(F)F)c1)C1CCCN(C(=O)OC(C)C)c2cc(Br)ccc21. The lowest BCUT2D eigenvalue weighted by Gasteiger charge is -2.32. The molecule has 0 saturated heterocycles. The number of alkyl halides is 6. The molecule has 2 amide bonds. The molecule has 0 N–H and O–H groups in total. The van der Waals surface area contributed by atoms with Gasteiger partial charge in [-0.25, -0.2) is 4.79 Å². The molecule has 3 rings (SSSR count). The Morgan fingerprint density at radius 3 is 2.16 bits per heavy atom. The van der Waals surface area contributed by atoms with Crippen LogP contribution in [0.25, 0.3) is 0 Å². The van der Waals surface area contributed by atoms with Crippen molar-refractivity contribution >= 4 is 33.6 Å². The Bertz CT molecular complexity index is 1130. The summed E-state index contributed by atoms with van der Waals surface area (Å²) in [5.74, 6) is -0.539. The number of rotatable bonds is 4. The smallest absolute Gasteiger partial charge is 0.416 e. The molecule has 1 aliphatic rings. The van der Waals surface area contributed by atoms with Gasteiger partial charge in [0.1, 0.15) is 0 Å². The van der Waals surface area contributed by atoms with E-state index in [0.717, 1.165) is 0 Å². The summed E-state index contributed by atoms with van der Waals surface area (Å²) < 4.78 is 86.3. The third-order valence-electron chi connectivity index (χ3n) is 5.84. The van der Waals surface area contributed by atoms with Gasteiger partial charge in [-0.2, -0.15) is 26.3 Å². The highest BCUT2D eigenvalue weighted by molar-refractivity contribution is 9.10. The normalized spacial score (nSPS) is 16.3. The topological polar surface area (TPSA) is 49.9 Å². The van der Waals surface area contributed by atoms with Crippen molar-refractivity contribution in [3.8, 4) is 0 Å². The molecule has 1 unspecified atom stereocenters. The summed E-state index contributed by atoms with van der Waals surface area (Å²) in [5, 5.41) is 0. The molecule has 5 nitrogen and oxygen atoms in total. The van der Waals surface area contributed by atoms with Gasteiger partial charge in [-0.1, -0.05) is 22.0 Å². The molecule has 37 heavy (non-hydrogen) atoms. The van der Waals surface area contributed by atoms with Gasteiger partial charge in [-0.15, -0.1) is 0 Å². The zero-order valence-electron chi connectivity index (χ0n) is 20.2. The van der Waals surface area contributed by atoms with E-state index in [2.05, 4.69) is 15.9 Å². The zero-order chi connectivity index (χ0) is 27.7. The molecule has 2 aromatic carbocycles. The lowest BCUT2D eigenvalue weighted by molar-refractivity contribution is -0.143. The highest BCUT2D eigenvalue weighted by Gasteiger charge is 2.38. The lowest BCUT2D eigenvalue weighted by Crippen LogP contribution is -2.34. The van der Waals surface area contributed by atoms with Crippen LogP contribution in [-0.2, 0) is 28.4 Å². The van der Waals surface area contributed by atoms with E-state index >= 15 is 0 Å². The van der Waals surface area contributed by atoms with Crippen molar-refractivity contribution < 1.29 is 40.7 Å². The Balaban J connectivity index is 2.07. The van der Waals surface area contributed by atoms with E-state index in [1.54, 1.807) is 32.0 Å². The van der Waals surface area contributed by atoms with Crippen LogP contribution in [0.1, 0.15) is 61.9 Å². The van der Waals surface area contributed by atoms with E-state index in [9.17, 15) is 35.9 Å². The zero-order valence-corrected chi connectivity index (χ0v) is 21.8. The Morgan fingerprint density at radius 2 is 1.65 bits per heavy atom. The molecule has 202 valence electrons. The van der Waals surface area contributed by atoms with Gasteiger partial charge in [0, 0.05) is 24.5 Å². The van der Waals surface area contributed by atoms with Crippen molar-refractivity contribution in [1.29, 1.82) is 0 Å². The number of anilines is 1. The number of benzene rings is 2.